The quantitative estimate of drug-likeness (QED) is 0.114. The Hall–Kier alpha value is -3.78. The molecule has 1 aliphatic rings. The van der Waals surface area contributed by atoms with Crippen molar-refractivity contribution >= 4 is 11.6 Å². The fourth-order valence-electron chi connectivity index (χ4n) is 6.86. The summed E-state index contributed by atoms with van der Waals surface area (Å²) in [5, 5.41) is 0. The highest BCUT2D eigenvalue weighted by molar-refractivity contribution is 6.19. The molecular weight excluding hydrogens is 512 g/mol. The molecule has 1 aliphatic carbocycles. The van der Waals surface area contributed by atoms with Crippen LogP contribution < -0.4 is 0 Å². The minimum atomic E-state index is -0.117. The molecule has 4 aromatic carbocycles. The van der Waals surface area contributed by atoms with E-state index >= 15 is 0 Å². The second kappa shape index (κ2) is 13.5. The van der Waals surface area contributed by atoms with Crippen LogP contribution in [-0.2, 0) is 5.41 Å². The Morgan fingerprint density at radius 3 is 1.69 bits per heavy atom. The summed E-state index contributed by atoms with van der Waals surface area (Å²) in [6.45, 7) is 6.53. The maximum absolute atomic E-state index is 14.2. The molecule has 0 atom stereocenters. The van der Waals surface area contributed by atoms with Crippen molar-refractivity contribution in [3.05, 3.63) is 130 Å². The molecule has 4 aromatic rings. The second-order valence-corrected chi connectivity index (χ2v) is 12.1. The van der Waals surface area contributed by atoms with E-state index in [0.717, 1.165) is 18.4 Å². The Balaban J connectivity index is 1.56. The van der Waals surface area contributed by atoms with Gasteiger partial charge in [-0.25, -0.2) is 0 Å². The van der Waals surface area contributed by atoms with Gasteiger partial charge in [-0.15, -0.1) is 0 Å². The number of rotatable bonds is 14. The van der Waals surface area contributed by atoms with E-state index in [9.17, 15) is 9.59 Å². The van der Waals surface area contributed by atoms with Crippen LogP contribution in [0.5, 0.6) is 0 Å². The van der Waals surface area contributed by atoms with E-state index < -0.39 is 0 Å². The molecule has 42 heavy (non-hydrogen) atoms. The zero-order valence-corrected chi connectivity index (χ0v) is 25.5. The number of hydrogen-bond acceptors (Lipinski definition) is 2. The van der Waals surface area contributed by atoms with Gasteiger partial charge in [-0.3, -0.25) is 9.59 Å². The molecule has 0 N–H and O–H groups in total. The maximum atomic E-state index is 14.2. The molecule has 0 aliphatic heterocycles. The first-order valence-electron chi connectivity index (χ1n) is 16.0. The summed E-state index contributed by atoms with van der Waals surface area (Å²) < 4.78 is 0. The van der Waals surface area contributed by atoms with Crippen molar-refractivity contribution in [2.75, 3.05) is 0 Å². The van der Waals surface area contributed by atoms with Crippen molar-refractivity contribution < 1.29 is 9.59 Å². The average molecular weight is 557 g/mol. The largest absolute Gasteiger partial charge is 0.289 e. The number of carbonyl (C=O) groups is 2. The van der Waals surface area contributed by atoms with E-state index in [0.29, 0.717) is 22.3 Å². The molecule has 5 rings (SSSR count). The van der Waals surface area contributed by atoms with Crippen molar-refractivity contribution in [2.45, 2.75) is 90.4 Å². The molecule has 0 heterocycles. The number of benzene rings is 4. The van der Waals surface area contributed by atoms with Gasteiger partial charge in [0.15, 0.2) is 11.6 Å². The minimum Gasteiger partial charge on any atom is -0.289 e. The lowest BCUT2D eigenvalue weighted by Crippen LogP contribution is -2.26. The molecule has 0 amide bonds. The average Bonchev–Trinajstić information content (AvgIpc) is 3.30. The summed E-state index contributed by atoms with van der Waals surface area (Å²) in [6, 6.07) is 30.0. The van der Waals surface area contributed by atoms with Crippen molar-refractivity contribution in [2.24, 2.45) is 0 Å². The number of hydrogen-bond donors (Lipinski definition) is 0. The van der Waals surface area contributed by atoms with Crippen molar-refractivity contribution in [3.63, 3.8) is 0 Å². The zero-order valence-electron chi connectivity index (χ0n) is 25.5. The number of ketones is 2. The molecule has 216 valence electrons. The summed E-state index contributed by atoms with van der Waals surface area (Å²) in [5.74, 6) is -0.204. The topological polar surface area (TPSA) is 34.1 Å². The third-order valence-corrected chi connectivity index (χ3v) is 9.17. The van der Waals surface area contributed by atoms with Gasteiger partial charge >= 0.3 is 0 Å². The van der Waals surface area contributed by atoms with E-state index in [-0.39, 0.29) is 17.0 Å². The van der Waals surface area contributed by atoms with Gasteiger partial charge in [0.05, 0.1) is 0 Å². The minimum absolute atomic E-state index is 0.0824. The molecule has 0 radical (unpaired) electrons. The van der Waals surface area contributed by atoms with Crippen molar-refractivity contribution in [3.8, 4) is 11.1 Å². The molecule has 0 saturated heterocycles. The van der Waals surface area contributed by atoms with Gasteiger partial charge in [0.2, 0.25) is 0 Å². The molecule has 0 unspecified atom stereocenters. The molecule has 0 bridgehead atoms. The van der Waals surface area contributed by atoms with Crippen LogP contribution in [0.4, 0.5) is 0 Å². The summed E-state index contributed by atoms with van der Waals surface area (Å²) in [7, 11) is 0. The lowest BCUT2D eigenvalue weighted by atomic mass is 9.70. The maximum Gasteiger partial charge on any atom is 0.193 e. The van der Waals surface area contributed by atoms with Gasteiger partial charge in [-0.2, -0.15) is 0 Å². The predicted octanol–water partition coefficient (Wildman–Crippen LogP) is 10.7. The van der Waals surface area contributed by atoms with Crippen LogP contribution in [0.15, 0.2) is 91.0 Å². The highest BCUT2D eigenvalue weighted by atomic mass is 16.1. The fraction of sp³-hybridized carbons (Fsp3) is 0.350. The molecule has 2 heteroatoms. The second-order valence-electron chi connectivity index (χ2n) is 12.1. The standard InChI is InChI=1S/C40H44O2/c1-4-6-8-14-26-40(27-15-9-7-5-2)36-19-13-12-16-32(36)33-25-24-31(28-37(33)40)39(42)35-18-11-10-17-34(35)38(41)30-22-20-29(3)21-23-30/h10-13,16-25,28H,4-9,14-15,26-27H2,1-3H3. The van der Waals surface area contributed by atoms with Crippen molar-refractivity contribution in [1.29, 1.82) is 0 Å². The Kier molecular flexibility index (Phi) is 9.52. The van der Waals surface area contributed by atoms with E-state index in [2.05, 4.69) is 50.2 Å². The SMILES string of the molecule is CCCCCCC1(CCCCCC)c2ccccc2-c2ccc(C(=O)c3ccccc3C(=O)c3ccc(C)cc3)cc21. The Bertz CT molecular complexity index is 1530. The summed E-state index contributed by atoms with van der Waals surface area (Å²) in [4.78, 5) is 27.7. The first kappa shape index (κ1) is 29.7. The normalized spacial score (nSPS) is 13.0. The Morgan fingerprint density at radius 2 is 1.07 bits per heavy atom. The Morgan fingerprint density at radius 1 is 0.548 bits per heavy atom. The van der Waals surface area contributed by atoms with Gasteiger partial charge < -0.3 is 0 Å². The van der Waals surface area contributed by atoms with Crippen LogP contribution in [0, 0.1) is 6.92 Å². The molecule has 2 nitrogen and oxygen atoms in total. The van der Waals surface area contributed by atoms with E-state index in [1.165, 1.54) is 73.6 Å². The molecular formula is C40H44O2. The molecule has 0 fully saturated rings. The first-order valence-corrected chi connectivity index (χ1v) is 16.0. The third kappa shape index (κ3) is 5.91. The van der Waals surface area contributed by atoms with Crippen molar-refractivity contribution in [1.82, 2.24) is 0 Å². The van der Waals surface area contributed by atoms with Crippen LogP contribution >= 0.6 is 0 Å². The van der Waals surface area contributed by atoms with E-state index in [4.69, 9.17) is 0 Å². The van der Waals surface area contributed by atoms with E-state index in [1.54, 1.807) is 12.1 Å². The molecule has 0 aromatic heterocycles. The number of fused-ring (bicyclic) bond motifs is 3. The van der Waals surface area contributed by atoms with Gasteiger partial charge in [-0.05, 0) is 48.1 Å². The summed E-state index contributed by atoms with van der Waals surface area (Å²) in [6.07, 6.45) is 12.0. The lowest BCUT2D eigenvalue weighted by molar-refractivity contribution is 0.100. The summed E-state index contributed by atoms with van der Waals surface area (Å²) >= 11 is 0. The van der Waals surface area contributed by atoms with Crippen LogP contribution in [0.1, 0.15) is 127 Å². The third-order valence-electron chi connectivity index (χ3n) is 9.17. The molecule has 0 saturated carbocycles. The zero-order chi connectivity index (χ0) is 29.5. The number of aryl methyl sites for hydroxylation is 1. The van der Waals surface area contributed by atoms with Crippen LogP contribution in [0.3, 0.4) is 0 Å². The summed E-state index contributed by atoms with van der Waals surface area (Å²) in [5.41, 5.74) is 8.50. The van der Waals surface area contributed by atoms with Gasteiger partial charge in [0, 0.05) is 27.7 Å². The number of carbonyl (C=O) groups excluding carboxylic acids is 2. The van der Waals surface area contributed by atoms with Crippen LogP contribution in [0.25, 0.3) is 11.1 Å². The lowest BCUT2D eigenvalue weighted by Gasteiger charge is -2.33. The molecule has 0 spiro atoms. The first-order chi connectivity index (χ1) is 20.5. The Labute approximate surface area is 252 Å². The number of unbranched alkanes of at least 4 members (excludes halogenated alkanes) is 6. The van der Waals surface area contributed by atoms with Crippen LogP contribution in [0.2, 0.25) is 0 Å². The van der Waals surface area contributed by atoms with E-state index in [1.807, 2.05) is 49.4 Å². The van der Waals surface area contributed by atoms with Crippen LogP contribution in [-0.4, -0.2) is 11.6 Å². The van der Waals surface area contributed by atoms with Gasteiger partial charge in [-0.1, -0.05) is 156 Å². The fourth-order valence-corrected chi connectivity index (χ4v) is 6.86. The predicted molar refractivity (Wildman–Crippen MR) is 175 cm³/mol. The van der Waals surface area contributed by atoms with Gasteiger partial charge in [0.1, 0.15) is 0 Å². The highest BCUT2D eigenvalue weighted by Gasteiger charge is 2.42. The van der Waals surface area contributed by atoms with Gasteiger partial charge in [0.25, 0.3) is 0 Å². The monoisotopic (exact) mass is 556 g/mol. The highest BCUT2D eigenvalue weighted by Crippen LogP contribution is 2.54. The smallest absolute Gasteiger partial charge is 0.193 e.